The summed E-state index contributed by atoms with van der Waals surface area (Å²) in [6.45, 7) is 1.73. The van der Waals surface area contributed by atoms with Crippen molar-refractivity contribution >= 4 is 29.1 Å². The molecule has 7 heteroatoms. The van der Waals surface area contributed by atoms with Crippen molar-refractivity contribution in [2.45, 2.75) is 6.92 Å². The highest BCUT2D eigenvalue weighted by atomic mass is 35.5. The summed E-state index contributed by atoms with van der Waals surface area (Å²) in [5, 5.41) is 0. The van der Waals surface area contributed by atoms with Crippen LogP contribution >= 0.6 is 11.6 Å². The lowest BCUT2D eigenvalue weighted by molar-refractivity contribution is -0.119. The summed E-state index contributed by atoms with van der Waals surface area (Å²) in [6, 6.07) is 5.42. The van der Waals surface area contributed by atoms with Crippen molar-refractivity contribution in [2.24, 2.45) is 0 Å². The van der Waals surface area contributed by atoms with Crippen LogP contribution in [0.25, 0.3) is 5.65 Å². The highest BCUT2D eigenvalue weighted by Crippen LogP contribution is 2.11. The van der Waals surface area contributed by atoms with Crippen molar-refractivity contribution in [1.82, 2.24) is 20.2 Å². The lowest BCUT2D eigenvalue weighted by Gasteiger charge is -2.06. The second-order valence-electron chi connectivity index (χ2n) is 3.61. The SMILES string of the molecule is Cc1nc2ccccn2c1C(=O)NNC(=O)CCl. The molecule has 0 bridgehead atoms. The summed E-state index contributed by atoms with van der Waals surface area (Å²) >= 11 is 5.31. The van der Waals surface area contributed by atoms with E-state index in [4.69, 9.17) is 11.6 Å². The molecule has 0 saturated heterocycles. The second-order valence-corrected chi connectivity index (χ2v) is 3.88. The van der Waals surface area contributed by atoms with Crippen LogP contribution in [0, 0.1) is 6.92 Å². The van der Waals surface area contributed by atoms with E-state index in [9.17, 15) is 9.59 Å². The molecule has 0 unspecified atom stereocenters. The number of hydrazine groups is 1. The maximum atomic E-state index is 11.9. The molecule has 94 valence electrons. The second kappa shape index (κ2) is 5.05. The first kappa shape index (κ1) is 12.4. The smallest absolute Gasteiger partial charge is 0.288 e. The molecule has 0 aliphatic rings. The molecule has 2 N–H and O–H groups in total. The zero-order valence-corrected chi connectivity index (χ0v) is 10.4. The number of halogens is 1. The van der Waals surface area contributed by atoms with Crippen LogP contribution in [-0.2, 0) is 4.79 Å². The van der Waals surface area contributed by atoms with E-state index in [0.717, 1.165) is 0 Å². The normalized spacial score (nSPS) is 10.3. The largest absolute Gasteiger partial charge is 0.295 e. The van der Waals surface area contributed by atoms with E-state index in [1.54, 1.807) is 29.7 Å². The van der Waals surface area contributed by atoms with E-state index >= 15 is 0 Å². The van der Waals surface area contributed by atoms with Crippen molar-refractivity contribution in [2.75, 3.05) is 5.88 Å². The van der Waals surface area contributed by atoms with E-state index in [1.807, 2.05) is 6.07 Å². The molecule has 2 rings (SSSR count). The van der Waals surface area contributed by atoms with Crippen molar-refractivity contribution < 1.29 is 9.59 Å². The van der Waals surface area contributed by atoms with Gasteiger partial charge in [-0.25, -0.2) is 4.98 Å². The van der Waals surface area contributed by atoms with Gasteiger partial charge in [-0.1, -0.05) is 6.07 Å². The molecule has 0 fully saturated rings. The maximum absolute atomic E-state index is 11.9. The van der Waals surface area contributed by atoms with Gasteiger partial charge in [-0.3, -0.25) is 24.8 Å². The van der Waals surface area contributed by atoms with Crippen LogP contribution in [0.1, 0.15) is 16.2 Å². The number of alkyl halides is 1. The van der Waals surface area contributed by atoms with E-state index in [2.05, 4.69) is 15.8 Å². The summed E-state index contributed by atoms with van der Waals surface area (Å²) < 4.78 is 1.65. The first-order chi connectivity index (χ1) is 8.63. The first-order valence-electron chi connectivity index (χ1n) is 5.22. The van der Waals surface area contributed by atoms with Crippen molar-refractivity contribution in [3.05, 3.63) is 35.8 Å². The van der Waals surface area contributed by atoms with Crippen LogP contribution in [0.15, 0.2) is 24.4 Å². The van der Waals surface area contributed by atoms with Crippen LogP contribution in [0.2, 0.25) is 0 Å². The van der Waals surface area contributed by atoms with Crippen molar-refractivity contribution in [3.8, 4) is 0 Å². The molecule has 0 aliphatic heterocycles. The summed E-state index contributed by atoms with van der Waals surface area (Å²) in [5.74, 6) is -1.13. The van der Waals surface area contributed by atoms with Crippen LogP contribution in [0.5, 0.6) is 0 Å². The van der Waals surface area contributed by atoms with Crippen LogP contribution in [0.3, 0.4) is 0 Å². The Labute approximate surface area is 108 Å². The van der Waals surface area contributed by atoms with Gasteiger partial charge in [-0.2, -0.15) is 0 Å². The lowest BCUT2D eigenvalue weighted by Crippen LogP contribution is -2.42. The predicted molar refractivity (Wildman–Crippen MR) is 66.3 cm³/mol. The fraction of sp³-hybridized carbons (Fsp3) is 0.182. The molecule has 2 amide bonds. The van der Waals surface area contributed by atoms with Crippen molar-refractivity contribution in [3.63, 3.8) is 0 Å². The highest BCUT2D eigenvalue weighted by Gasteiger charge is 2.16. The zero-order valence-electron chi connectivity index (χ0n) is 9.61. The number of imidazole rings is 1. The van der Waals surface area contributed by atoms with Gasteiger partial charge in [-0.15, -0.1) is 11.6 Å². The summed E-state index contributed by atoms with van der Waals surface area (Å²) in [7, 11) is 0. The molecule has 6 nitrogen and oxygen atoms in total. The molecule has 0 aromatic carbocycles. The number of amides is 2. The maximum Gasteiger partial charge on any atom is 0.288 e. The quantitative estimate of drug-likeness (QED) is 0.619. The fourth-order valence-corrected chi connectivity index (χ4v) is 1.67. The minimum absolute atomic E-state index is 0.216. The topological polar surface area (TPSA) is 75.5 Å². The zero-order chi connectivity index (χ0) is 13.1. The number of hydrogen-bond acceptors (Lipinski definition) is 3. The molecular formula is C11H11ClN4O2. The number of rotatable bonds is 2. The van der Waals surface area contributed by atoms with Gasteiger partial charge >= 0.3 is 0 Å². The molecule has 0 aliphatic carbocycles. The van der Waals surface area contributed by atoms with E-state index in [0.29, 0.717) is 17.0 Å². The summed E-state index contributed by atoms with van der Waals surface area (Å²) in [6.07, 6.45) is 1.73. The minimum Gasteiger partial charge on any atom is -0.295 e. The van der Waals surface area contributed by atoms with Crippen molar-refractivity contribution in [1.29, 1.82) is 0 Å². The summed E-state index contributed by atoms with van der Waals surface area (Å²) in [4.78, 5) is 27.1. The Bertz CT molecular complexity index is 608. The number of aryl methyl sites for hydroxylation is 1. The number of carbonyl (C=O) groups excluding carboxylic acids is 2. The Kier molecular flexibility index (Phi) is 3.47. The molecule has 0 saturated carbocycles. The summed E-state index contributed by atoms with van der Waals surface area (Å²) in [5.41, 5.74) is 6.11. The molecule has 18 heavy (non-hydrogen) atoms. The Hall–Kier alpha value is -2.08. The van der Waals surface area contributed by atoms with E-state index < -0.39 is 11.8 Å². The number of hydrogen-bond donors (Lipinski definition) is 2. The monoisotopic (exact) mass is 266 g/mol. The molecule has 0 radical (unpaired) electrons. The molecule has 2 heterocycles. The Morgan fingerprint density at radius 1 is 1.39 bits per heavy atom. The predicted octanol–water partition coefficient (Wildman–Crippen LogP) is 0.643. The van der Waals surface area contributed by atoms with Gasteiger partial charge in [0.1, 0.15) is 17.2 Å². The van der Waals surface area contributed by atoms with Gasteiger partial charge < -0.3 is 0 Å². The Morgan fingerprint density at radius 2 is 2.17 bits per heavy atom. The van der Waals surface area contributed by atoms with Crippen LogP contribution < -0.4 is 10.9 Å². The minimum atomic E-state index is -0.475. The molecule has 0 spiro atoms. The number of nitrogens with zero attached hydrogens (tertiary/aromatic N) is 2. The van der Waals surface area contributed by atoms with Gasteiger partial charge in [0.25, 0.3) is 11.8 Å². The number of pyridine rings is 1. The van der Waals surface area contributed by atoms with Gasteiger partial charge in [0, 0.05) is 6.20 Å². The average Bonchev–Trinajstić information content (AvgIpc) is 2.71. The number of fused-ring (bicyclic) bond motifs is 1. The number of carbonyl (C=O) groups is 2. The molecule has 2 aromatic rings. The first-order valence-corrected chi connectivity index (χ1v) is 5.75. The highest BCUT2D eigenvalue weighted by molar-refractivity contribution is 6.27. The van der Waals surface area contributed by atoms with Gasteiger partial charge in [0.15, 0.2) is 0 Å². The molecule has 2 aromatic heterocycles. The average molecular weight is 267 g/mol. The third kappa shape index (κ3) is 2.28. The standard InChI is InChI=1S/C11H11ClN4O2/c1-7-10(11(18)15-14-9(17)6-12)16-5-3-2-4-8(16)13-7/h2-5H,6H2,1H3,(H,14,17)(H,15,18). The van der Waals surface area contributed by atoms with Gasteiger partial charge in [0.05, 0.1) is 5.69 Å². The molecular weight excluding hydrogens is 256 g/mol. The van der Waals surface area contributed by atoms with E-state index in [1.165, 1.54) is 0 Å². The number of nitrogens with one attached hydrogen (secondary N) is 2. The van der Waals surface area contributed by atoms with E-state index in [-0.39, 0.29) is 5.88 Å². The Balaban J connectivity index is 2.27. The van der Waals surface area contributed by atoms with Gasteiger partial charge in [-0.05, 0) is 19.1 Å². The third-order valence-electron chi connectivity index (χ3n) is 2.36. The van der Waals surface area contributed by atoms with Crippen LogP contribution in [-0.4, -0.2) is 27.1 Å². The molecule has 0 atom stereocenters. The van der Waals surface area contributed by atoms with Crippen LogP contribution in [0.4, 0.5) is 0 Å². The number of aromatic nitrogens is 2. The lowest BCUT2D eigenvalue weighted by atomic mass is 10.3. The Morgan fingerprint density at radius 3 is 2.89 bits per heavy atom. The fourth-order valence-electron chi connectivity index (χ4n) is 1.61. The third-order valence-corrected chi connectivity index (χ3v) is 2.60. The van der Waals surface area contributed by atoms with Gasteiger partial charge in [0.2, 0.25) is 0 Å².